The van der Waals surface area contributed by atoms with Gasteiger partial charge in [0.2, 0.25) is 11.8 Å². The number of amides is 4. The quantitative estimate of drug-likeness (QED) is 0.505. The van der Waals surface area contributed by atoms with Gasteiger partial charge in [0.25, 0.3) is 0 Å². The molecule has 0 aliphatic carbocycles. The van der Waals surface area contributed by atoms with Crippen molar-refractivity contribution in [2.75, 3.05) is 56.2 Å². The molecule has 4 amide bonds. The van der Waals surface area contributed by atoms with Crippen LogP contribution in [0.15, 0.2) is 29.6 Å². The average molecular weight is 473 g/mol. The van der Waals surface area contributed by atoms with Crippen LogP contribution in [0.5, 0.6) is 0 Å². The van der Waals surface area contributed by atoms with E-state index in [9.17, 15) is 14.4 Å². The summed E-state index contributed by atoms with van der Waals surface area (Å²) in [4.78, 5) is 44.6. The predicted molar refractivity (Wildman–Crippen MR) is 125 cm³/mol. The molecule has 0 spiro atoms. The number of rotatable bonds is 9. The number of morpholine rings is 1. The van der Waals surface area contributed by atoms with E-state index in [-0.39, 0.29) is 24.3 Å². The maximum absolute atomic E-state index is 12.4. The van der Waals surface area contributed by atoms with Gasteiger partial charge in [-0.15, -0.1) is 11.3 Å². The fourth-order valence-electron chi connectivity index (χ4n) is 3.65. The number of hydrogen-bond donors (Lipinski definition) is 3. The van der Waals surface area contributed by atoms with Gasteiger partial charge in [0.1, 0.15) is 0 Å². The van der Waals surface area contributed by atoms with Crippen molar-refractivity contribution < 1.29 is 19.1 Å². The minimum Gasteiger partial charge on any atom is -0.379 e. The van der Waals surface area contributed by atoms with Crippen LogP contribution in [-0.2, 0) is 27.3 Å². The lowest BCUT2D eigenvalue weighted by molar-refractivity contribution is -0.120. The van der Waals surface area contributed by atoms with Crippen LogP contribution in [0.25, 0.3) is 0 Å². The number of anilines is 2. The van der Waals surface area contributed by atoms with Crippen molar-refractivity contribution in [3.63, 3.8) is 0 Å². The third-order valence-electron chi connectivity index (χ3n) is 5.43. The van der Waals surface area contributed by atoms with Crippen molar-refractivity contribution in [2.24, 2.45) is 0 Å². The highest BCUT2D eigenvalue weighted by Crippen LogP contribution is 2.22. The molecule has 0 saturated carbocycles. The van der Waals surface area contributed by atoms with E-state index in [4.69, 9.17) is 4.74 Å². The Hall–Kier alpha value is -3.02. The summed E-state index contributed by atoms with van der Waals surface area (Å²) in [6.07, 6.45) is 0.569. The molecule has 0 bridgehead atoms. The first-order valence-electron chi connectivity index (χ1n) is 11.0. The zero-order valence-corrected chi connectivity index (χ0v) is 19.2. The van der Waals surface area contributed by atoms with Gasteiger partial charge in [-0.1, -0.05) is 12.1 Å². The average Bonchev–Trinajstić information content (AvgIpc) is 3.46. The first-order valence-corrected chi connectivity index (χ1v) is 11.9. The second kappa shape index (κ2) is 11.2. The first kappa shape index (κ1) is 23.1. The molecule has 1 aromatic heterocycles. The summed E-state index contributed by atoms with van der Waals surface area (Å²) in [5.41, 5.74) is 2.23. The first-order chi connectivity index (χ1) is 16.1. The molecular formula is C22H28N6O4S. The largest absolute Gasteiger partial charge is 0.379 e. The van der Waals surface area contributed by atoms with Crippen LogP contribution >= 0.6 is 11.3 Å². The molecule has 10 nitrogen and oxygen atoms in total. The Morgan fingerprint density at radius 2 is 2.03 bits per heavy atom. The van der Waals surface area contributed by atoms with Crippen LogP contribution in [0.1, 0.15) is 17.7 Å². The third-order valence-corrected chi connectivity index (χ3v) is 6.34. The molecular weight excluding hydrogens is 444 g/mol. The molecule has 4 rings (SSSR count). The molecule has 2 aliphatic rings. The van der Waals surface area contributed by atoms with E-state index in [1.54, 1.807) is 10.3 Å². The summed E-state index contributed by atoms with van der Waals surface area (Å²) in [5, 5.41) is 10.9. The number of nitrogens with one attached hydrogen (secondary N) is 3. The van der Waals surface area contributed by atoms with Gasteiger partial charge in [-0.05, 0) is 17.7 Å². The van der Waals surface area contributed by atoms with E-state index in [0.717, 1.165) is 18.7 Å². The number of urea groups is 1. The lowest BCUT2D eigenvalue weighted by Gasteiger charge is -2.26. The minimum absolute atomic E-state index is 0.0336. The number of ether oxygens (including phenoxy) is 1. The molecule has 0 atom stereocenters. The summed E-state index contributed by atoms with van der Waals surface area (Å²) in [5.74, 6) is -0.189. The zero-order valence-electron chi connectivity index (χ0n) is 18.3. The van der Waals surface area contributed by atoms with Crippen molar-refractivity contribution in [3.05, 3.63) is 40.9 Å². The fourth-order valence-corrected chi connectivity index (χ4v) is 4.50. The Bertz CT molecular complexity index is 991. The number of thiazole rings is 1. The maximum Gasteiger partial charge on any atom is 0.323 e. The summed E-state index contributed by atoms with van der Waals surface area (Å²) >= 11 is 1.35. The molecule has 1 aromatic carbocycles. The van der Waals surface area contributed by atoms with Gasteiger partial charge < -0.3 is 20.7 Å². The molecule has 3 heterocycles. The number of benzene rings is 1. The van der Waals surface area contributed by atoms with Crippen molar-refractivity contribution in [1.82, 2.24) is 20.5 Å². The maximum atomic E-state index is 12.4. The highest BCUT2D eigenvalue weighted by Gasteiger charge is 2.24. The fraction of sp³-hybridized carbons (Fsp3) is 0.455. The van der Waals surface area contributed by atoms with Gasteiger partial charge >= 0.3 is 6.03 Å². The van der Waals surface area contributed by atoms with Gasteiger partial charge in [0, 0.05) is 56.8 Å². The van der Waals surface area contributed by atoms with Crippen LogP contribution in [0, 0.1) is 0 Å². The molecule has 176 valence electrons. The van der Waals surface area contributed by atoms with Crippen LogP contribution in [0.2, 0.25) is 0 Å². The summed E-state index contributed by atoms with van der Waals surface area (Å²) in [6.45, 7) is 5.40. The van der Waals surface area contributed by atoms with E-state index in [1.807, 2.05) is 24.3 Å². The van der Waals surface area contributed by atoms with E-state index < -0.39 is 0 Å². The Labute approximate surface area is 196 Å². The topological polar surface area (TPSA) is 116 Å². The monoisotopic (exact) mass is 472 g/mol. The number of carbonyl (C=O) groups is 3. The molecule has 3 N–H and O–H groups in total. The van der Waals surface area contributed by atoms with Gasteiger partial charge in [-0.25, -0.2) is 9.78 Å². The standard InChI is InChI=1S/C22H28N6O4S/c29-19(4-6-27-8-10-32-11-9-27)25-17-3-1-2-16(12-17)14-24-20(30)13-18-15-33-22(26-18)28-7-5-23-21(28)31/h1-3,12,15H,4-11,13-14H2,(H,23,31)(H,24,30)(H,25,29). The Morgan fingerprint density at radius 1 is 1.18 bits per heavy atom. The Balaban J connectivity index is 1.21. The lowest BCUT2D eigenvalue weighted by atomic mass is 10.2. The van der Waals surface area contributed by atoms with Crippen molar-refractivity contribution >= 4 is 40.0 Å². The van der Waals surface area contributed by atoms with Gasteiger partial charge in [0.15, 0.2) is 5.13 Å². The molecule has 2 saturated heterocycles. The molecule has 0 radical (unpaired) electrons. The van der Waals surface area contributed by atoms with Crippen LogP contribution < -0.4 is 20.9 Å². The molecule has 0 unspecified atom stereocenters. The Kier molecular flexibility index (Phi) is 7.87. The van der Waals surface area contributed by atoms with Crippen molar-refractivity contribution in [3.8, 4) is 0 Å². The molecule has 11 heteroatoms. The SMILES string of the molecule is O=C(Cc1csc(N2CCNC2=O)n1)NCc1cccc(NC(=O)CCN2CCOCC2)c1. The number of nitrogens with zero attached hydrogens (tertiary/aromatic N) is 3. The highest BCUT2D eigenvalue weighted by molar-refractivity contribution is 7.14. The summed E-state index contributed by atoms with van der Waals surface area (Å²) in [6, 6.07) is 7.29. The normalized spacial score (nSPS) is 16.5. The number of carbonyl (C=O) groups excluding carboxylic acids is 3. The lowest BCUT2D eigenvalue weighted by Crippen LogP contribution is -2.38. The van der Waals surface area contributed by atoms with Crippen LogP contribution in [0.3, 0.4) is 0 Å². The van der Waals surface area contributed by atoms with Gasteiger partial charge in [0.05, 0.1) is 25.3 Å². The zero-order chi connectivity index (χ0) is 23.0. The predicted octanol–water partition coefficient (Wildman–Crippen LogP) is 1.19. The second-order valence-corrected chi connectivity index (χ2v) is 8.75. The molecule has 33 heavy (non-hydrogen) atoms. The van der Waals surface area contributed by atoms with Crippen LogP contribution in [-0.4, -0.2) is 73.7 Å². The molecule has 2 fully saturated rings. The third kappa shape index (κ3) is 6.73. The number of hydrogen-bond acceptors (Lipinski definition) is 7. The highest BCUT2D eigenvalue weighted by atomic mass is 32.1. The van der Waals surface area contributed by atoms with Crippen molar-refractivity contribution in [1.29, 1.82) is 0 Å². The van der Waals surface area contributed by atoms with Gasteiger partial charge in [-0.2, -0.15) is 0 Å². The second-order valence-electron chi connectivity index (χ2n) is 7.91. The summed E-state index contributed by atoms with van der Waals surface area (Å²) in [7, 11) is 0. The van der Waals surface area contributed by atoms with Crippen LogP contribution in [0.4, 0.5) is 15.6 Å². The molecule has 2 aromatic rings. The van der Waals surface area contributed by atoms with E-state index in [0.29, 0.717) is 62.3 Å². The van der Waals surface area contributed by atoms with E-state index in [2.05, 4.69) is 25.8 Å². The number of aromatic nitrogens is 1. The summed E-state index contributed by atoms with van der Waals surface area (Å²) < 4.78 is 5.32. The van der Waals surface area contributed by atoms with E-state index in [1.165, 1.54) is 11.3 Å². The van der Waals surface area contributed by atoms with Gasteiger partial charge in [-0.3, -0.25) is 19.4 Å². The van der Waals surface area contributed by atoms with Crippen molar-refractivity contribution in [2.45, 2.75) is 19.4 Å². The Morgan fingerprint density at radius 3 is 2.82 bits per heavy atom. The minimum atomic E-state index is -0.159. The smallest absolute Gasteiger partial charge is 0.323 e. The molecule has 2 aliphatic heterocycles. The van der Waals surface area contributed by atoms with E-state index >= 15 is 0 Å².